The third-order valence-electron chi connectivity index (χ3n) is 4.80. The molecular formula is C13H20O2. The quantitative estimate of drug-likeness (QED) is 0.696. The van der Waals surface area contributed by atoms with E-state index in [1.165, 1.54) is 32.1 Å². The van der Waals surface area contributed by atoms with Crippen LogP contribution in [0.3, 0.4) is 0 Å². The second-order valence-electron chi connectivity index (χ2n) is 5.69. The summed E-state index contributed by atoms with van der Waals surface area (Å²) >= 11 is 0. The van der Waals surface area contributed by atoms with Crippen LogP contribution in [0.5, 0.6) is 0 Å². The fraction of sp³-hybridized carbons (Fsp3) is 0.923. The molecule has 0 aromatic heterocycles. The van der Waals surface area contributed by atoms with Gasteiger partial charge in [-0.1, -0.05) is 12.8 Å². The largest absolute Gasteiger partial charge is 0.373 e. The highest BCUT2D eigenvalue weighted by Crippen LogP contribution is 2.47. The lowest BCUT2D eigenvalue weighted by atomic mass is 9.62. The van der Waals surface area contributed by atoms with Gasteiger partial charge in [-0.15, -0.1) is 0 Å². The molecule has 2 unspecified atom stereocenters. The lowest BCUT2D eigenvalue weighted by Crippen LogP contribution is -2.33. The molecule has 2 atom stereocenters. The van der Waals surface area contributed by atoms with Crippen LogP contribution in [0, 0.1) is 23.7 Å². The van der Waals surface area contributed by atoms with Crippen molar-refractivity contribution < 1.29 is 9.53 Å². The van der Waals surface area contributed by atoms with Crippen molar-refractivity contribution in [3.8, 4) is 0 Å². The van der Waals surface area contributed by atoms with Crippen LogP contribution in [0.4, 0.5) is 0 Å². The van der Waals surface area contributed by atoms with E-state index in [1.807, 2.05) is 0 Å². The lowest BCUT2D eigenvalue weighted by Gasteiger charge is -2.43. The number of hydrogen-bond donors (Lipinski definition) is 0. The van der Waals surface area contributed by atoms with Crippen molar-refractivity contribution in [2.45, 2.75) is 38.5 Å². The molecule has 3 aliphatic carbocycles. The fourth-order valence-corrected chi connectivity index (χ4v) is 3.88. The Labute approximate surface area is 91.4 Å². The normalized spacial score (nSPS) is 44.9. The van der Waals surface area contributed by atoms with E-state index in [4.69, 9.17) is 4.74 Å². The summed E-state index contributed by atoms with van der Waals surface area (Å²) in [5, 5.41) is 0. The second kappa shape index (κ2) is 3.89. The average Bonchev–Trinajstić information content (AvgIpc) is 2.66. The van der Waals surface area contributed by atoms with Crippen LogP contribution in [0.25, 0.3) is 0 Å². The van der Waals surface area contributed by atoms with E-state index in [-0.39, 0.29) is 5.92 Å². The summed E-state index contributed by atoms with van der Waals surface area (Å²) in [6, 6.07) is 0. The van der Waals surface area contributed by atoms with Crippen LogP contribution in [0.15, 0.2) is 0 Å². The van der Waals surface area contributed by atoms with E-state index < -0.39 is 0 Å². The van der Waals surface area contributed by atoms with Crippen molar-refractivity contribution in [1.82, 2.24) is 0 Å². The van der Waals surface area contributed by atoms with E-state index in [0.29, 0.717) is 19.0 Å². The second-order valence-corrected chi connectivity index (χ2v) is 5.69. The van der Waals surface area contributed by atoms with Gasteiger partial charge in [0.25, 0.3) is 0 Å². The summed E-state index contributed by atoms with van der Waals surface area (Å²) in [7, 11) is 0. The van der Waals surface area contributed by atoms with Gasteiger partial charge in [0.05, 0.1) is 6.61 Å². The summed E-state index contributed by atoms with van der Waals surface area (Å²) in [5.74, 6) is 3.36. The number of carbonyl (C=O) groups excluding carboxylic acids is 1. The molecule has 84 valence electrons. The van der Waals surface area contributed by atoms with Crippen molar-refractivity contribution in [2.75, 3.05) is 13.2 Å². The Balaban J connectivity index is 1.61. The van der Waals surface area contributed by atoms with Gasteiger partial charge >= 0.3 is 0 Å². The molecule has 4 fully saturated rings. The maximum Gasteiger partial charge on any atom is 0.163 e. The van der Waals surface area contributed by atoms with Gasteiger partial charge in [-0.3, -0.25) is 4.79 Å². The van der Waals surface area contributed by atoms with E-state index in [2.05, 4.69) is 0 Å². The highest BCUT2D eigenvalue weighted by Gasteiger charge is 2.38. The van der Waals surface area contributed by atoms with Crippen molar-refractivity contribution in [1.29, 1.82) is 0 Å². The Morgan fingerprint density at radius 1 is 1.20 bits per heavy atom. The summed E-state index contributed by atoms with van der Waals surface area (Å²) in [6.07, 6.45) is 8.29. The SMILES string of the molecule is O=C1COCC1CC1CC2CCC1CC2. The maximum absolute atomic E-state index is 11.5. The maximum atomic E-state index is 11.5. The smallest absolute Gasteiger partial charge is 0.163 e. The first-order valence-corrected chi connectivity index (χ1v) is 6.43. The summed E-state index contributed by atoms with van der Waals surface area (Å²) in [6.45, 7) is 1.08. The molecule has 4 aliphatic rings. The number of Topliss-reactive ketones (excluding diaryl/α,β-unsaturated/α-hetero) is 1. The zero-order valence-electron chi connectivity index (χ0n) is 9.28. The predicted molar refractivity (Wildman–Crippen MR) is 57.5 cm³/mol. The number of hydrogen-bond acceptors (Lipinski definition) is 2. The molecule has 1 aliphatic heterocycles. The van der Waals surface area contributed by atoms with E-state index in [1.54, 1.807) is 0 Å². The first kappa shape index (κ1) is 9.83. The Bertz CT molecular complexity index is 253. The number of ether oxygens (including phenoxy) is 1. The first-order chi connectivity index (χ1) is 7.33. The minimum Gasteiger partial charge on any atom is -0.373 e. The molecule has 0 aromatic rings. The molecule has 0 amide bonds. The third-order valence-corrected chi connectivity index (χ3v) is 4.80. The molecule has 2 bridgehead atoms. The predicted octanol–water partition coefficient (Wildman–Crippen LogP) is 2.42. The molecule has 1 heterocycles. The summed E-state index contributed by atoms with van der Waals surface area (Å²) < 4.78 is 5.24. The number of rotatable bonds is 2. The zero-order chi connectivity index (χ0) is 10.3. The van der Waals surface area contributed by atoms with Crippen molar-refractivity contribution >= 4 is 5.78 Å². The molecule has 15 heavy (non-hydrogen) atoms. The van der Waals surface area contributed by atoms with E-state index in [0.717, 1.165) is 24.2 Å². The highest BCUT2D eigenvalue weighted by molar-refractivity contribution is 5.83. The molecule has 0 spiro atoms. The number of fused-ring (bicyclic) bond motifs is 3. The first-order valence-electron chi connectivity index (χ1n) is 6.43. The molecule has 4 rings (SSSR count). The van der Waals surface area contributed by atoms with Gasteiger partial charge in [0.2, 0.25) is 0 Å². The van der Waals surface area contributed by atoms with Gasteiger partial charge in [-0.2, -0.15) is 0 Å². The zero-order valence-corrected chi connectivity index (χ0v) is 9.28. The van der Waals surface area contributed by atoms with Crippen molar-refractivity contribution in [3.63, 3.8) is 0 Å². The van der Waals surface area contributed by atoms with Crippen LogP contribution >= 0.6 is 0 Å². The van der Waals surface area contributed by atoms with Crippen LogP contribution in [-0.4, -0.2) is 19.0 Å². The van der Waals surface area contributed by atoms with Gasteiger partial charge in [0.1, 0.15) is 6.61 Å². The average molecular weight is 208 g/mol. The van der Waals surface area contributed by atoms with Crippen molar-refractivity contribution in [3.05, 3.63) is 0 Å². The van der Waals surface area contributed by atoms with Gasteiger partial charge in [-0.25, -0.2) is 0 Å². The lowest BCUT2D eigenvalue weighted by molar-refractivity contribution is -0.121. The van der Waals surface area contributed by atoms with Gasteiger partial charge in [0, 0.05) is 5.92 Å². The van der Waals surface area contributed by atoms with Gasteiger partial charge in [0.15, 0.2) is 5.78 Å². The molecule has 0 aromatic carbocycles. The van der Waals surface area contributed by atoms with Crippen LogP contribution in [-0.2, 0) is 9.53 Å². The molecule has 0 N–H and O–H groups in total. The van der Waals surface area contributed by atoms with Crippen LogP contribution < -0.4 is 0 Å². The molecule has 1 saturated heterocycles. The molecule has 2 nitrogen and oxygen atoms in total. The highest BCUT2D eigenvalue weighted by atomic mass is 16.5. The Kier molecular flexibility index (Phi) is 2.55. The molecule has 0 radical (unpaired) electrons. The molecular weight excluding hydrogens is 188 g/mol. The monoisotopic (exact) mass is 208 g/mol. The Morgan fingerprint density at radius 3 is 2.53 bits per heavy atom. The molecule has 2 heteroatoms. The topological polar surface area (TPSA) is 26.3 Å². The fourth-order valence-electron chi connectivity index (χ4n) is 3.88. The molecule has 3 saturated carbocycles. The summed E-state index contributed by atoms with van der Waals surface area (Å²) in [4.78, 5) is 11.5. The standard InChI is InChI=1S/C13H20O2/c14-13-8-15-7-12(13)6-11-5-9-1-3-10(11)4-2-9/h9-12H,1-8H2. The van der Waals surface area contributed by atoms with Crippen molar-refractivity contribution in [2.24, 2.45) is 23.7 Å². The number of carbonyl (C=O) groups is 1. The minimum atomic E-state index is 0.245. The minimum absolute atomic E-state index is 0.245. The van der Waals surface area contributed by atoms with Crippen LogP contribution in [0.2, 0.25) is 0 Å². The van der Waals surface area contributed by atoms with E-state index >= 15 is 0 Å². The third kappa shape index (κ3) is 1.84. The van der Waals surface area contributed by atoms with E-state index in [9.17, 15) is 4.79 Å². The van der Waals surface area contributed by atoms with Gasteiger partial charge in [-0.05, 0) is 43.4 Å². The van der Waals surface area contributed by atoms with Gasteiger partial charge < -0.3 is 4.74 Å². The Hall–Kier alpha value is -0.370. The Morgan fingerprint density at radius 2 is 2.00 bits per heavy atom. The summed E-state index contributed by atoms with van der Waals surface area (Å²) in [5.41, 5.74) is 0. The van der Waals surface area contributed by atoms with Crippen LogP contribution in [0.1, 0.15) is 38.5 Å². The number of ketones is 1.